The number of benzene rings is 1. The van der Waals surface area contributed by atoms with Crippen molar-refractivity contribution in [3.8, 4) is 0 Å². The number of pyridine rings is 1. The lowest BCUT2D eigenvalue weighted by atomic mass is 10.2. The summed E-state index contributed by atoms with van der Waals surface area (Å²) < 4.78 is 1.58. The first-order valence-corrected chi connectivity index (χ1v) is 4.22. The molecule has 0 aliphatic carbocycles. The fourth-order valence-electron chi connectivity index (χ4n) is 1.52. The van der Waals surface area contributed by atoms with Gasteiger partial charge in [-0.05, 0) is 12.1 Å². The fourth-order valence-corrected chi connectivity index (χ4v) is 1.52. The van der Waals surface area contributed by atoms with Crippen molar-refractivity contribution >= 4 is 16.7 Å². The lowest BCUT2D eigenvalue weighted by molar-refractivity contribution is -0.694. The van der Waals surface area contributed by atoms with E-state index in [1.54, 1.807) is 17.7 Å². The predicted molar refractivity (Wildman–Crippen MR) is 51.8 cm³/mol. The zero-order valence-electron chi connectivity index (χ0n) is 7.68. The molecule has 0 amide bonds. The molecule has 0 bridgehead atoms. The number of hydrogen-bond donors (Lipinski definition) is 0. The summed E-state index contributed by atoms with van der Waals surface area (Å²) in [5.41, 5.74) is 0.863. The van der Waals surface area contributed by atoms with Crippen molar-refractivity contribution in [3.05, 3.63) is 46.5 Å². The lowest BCUT2D eigenvalue weighted by Gasteiger charge is -1.95. The second-order valence-corrected chi connectivity index (χ2v) is 3.07. The Morgan fingerprint density at radius 3 is 2.64 bits per heavy atom. The average molecular weight is 189 g/mol. The number of para-hydroxylation sites is 1. The molecular weight excluding hydrogens is 180 g/mol. The molecule has 1 heterocycles. The van der Waals surface area contributed by atoms with Crippen LogP contribution in [0.2, 0.25) is 0 Å². The highest BCUT2D eigenvalue weighted by Crippen LogP contribution is 2.13. The quantitative estimate of drug-likeness (QED) is 0.388. The lowest BCUT2D eigenvalue weighted by Crippen LogP contribution is -2.32. The smallest absolute Gasteiger partial charge is 0.253 e. The SMILES string of the molecule is C[n+]1c([N+](=O)[O-])ccc2ccccc21. The highest BCUT2D eigenvalue weighted by molar-refractivity contribution is 5.75. The summed E-state index contributed by atoms with van der Waals surface area (Å²) in [6, 6.07) is 10.8. The molecule has 1 aromatic heterocycles. The summed E-state index contributed by atoms with van der Waals surface area (Å²) in [6.07, 6.45) is 0. The molecule has 0 fully saturated rings. The minimum absolute atomic E-state index is 0.101. The molecule has 0 aliphatic rings. The van der Waals surface area contributed by atoms with Crippen molar-refractivity contribution in [2.24, 2.45) is 7.05 Å². The second kappa shape index (κ2) is 3.06. The van der Waals surface area contributed by atoms with Crippen LogP contribution in [-0.2, 0) is 7.05 Å². The van der Waals surface area contributed by atoms with Crippen molar-refractivity contribution in [2.45, 2.75) is 0 Å². The van der Waals surface area contributed by atoms with Crippen LogP contribution in [0.3, 0.4) is 0 Å². The van der Waals surface area contributed by atoms with E-state index in [2.05, 4.69) is 0 Å². The Morgan fingerprint density at radius 1 is 1.21 bits per heavy atom. The van der Waals surface area contributed by atoms with Gasteiger partial charge in [-0.1, -0.05) is 12.1 Å². The molecule has 0 saturated heterocycles. The van der Waals surface area contributed by atoms with E-state index in [0.29, 0.717) is 0 Å². The molecule has 0 atom stereocenters. The van der Waals surface area contributed by atoms with Gasteiger partial charge in [0.05, 0.1) is 6.07 Å². The maximum atomic E-state index is 10.7. The summed E-state index contributed by atoms with van der Waals surface area (Å²) in [7, 11) is 1.69. The van der Waals surface area contributed by atoms with Crippen LogP contribution in [0.4, 0.5) is 5.82 Å². The number of hydrogen-bond acceptors (Lipinski definition) is 2. The molecular formula is C10H9N2O2+. The summed E-state index contributed by atoms with van der Waals surface area (Å²) in [5, 5.41) is 11.7. The van der Waals surface area contributed by atoms with Crippen LogP contribution in [0.25, 0.3) is 10.9 Å². The van der Waals surface area contributed by atoms with E-state index in [-0.39, 0.29) is 10.7 Å². The van der Waals surface area contributed by atoms with E-state index in [9.17, 15) is 10.1 Å². The first-order chi connectivity index (χ1) is 6.70. The van der Waals surface area contributed by atoms with Crippen LogP contribution in [0.5, 0.6) is 0 Å². The monoisotopic (exact) mass is 189 g/mol. The Balaban J connectivity index is 2.81. The van der Waals surface area contributed by atoms with Crippen LogP contribution in [0.1, 0.15) is 0 Å². The normalized spacial score (nSPS) is 10.4. The molecule has 0 unspecified atom stereocenters. The van der Waals surface area contributed by atoms with Crippen molar-refractivity contribution in [1.82, 2.24) is 0 Å². The Hall–Kier alpha value is -1.97. The molecule has 1 aromatic carbocycles. The summed E-state index contributed by atoms with van der Waals surface area (Å²) in [4.78, 5) is 10.3. The molecule has 4 nitrogen and oxygen atoms in total. The standard InChI is InChI=1S/C10H9N2O2/c1-11-9-5-3-2-4-8(9)6-7-10(11)12(13)14/h2-7H,1H3/q+1. The first kappa shape index (κ1) is 8.62. The Morgan fingerprint density at radius 2 is 1.93 bits per heavy atom. The zero-order valence-corrected chi connectivity index (χ0v) is 7.68. The van der Waals surface area contributed by atoms with E-state index in [1.165, 1.54) is 6.07 Å². The van der Waals surface area contributed by atoms with Crippen LogP contribution in [-0.4, -0.2) is 4.92 Å². The molecule has 0 radical (unpaired) electrons. The van der Waals surface area contributed by atoms with Gasteiger partial charge in [0.15, 0.2) is 0 Å². The van der Waals surface area contributed by atoms with Gasteiger partial charge >= 0.3 is 5.82 Å². The predicted octanol–water partition coefficient (Wildman–Crippen LogP) is 1.57. The Kier molecular flexibility index (Phi) is 1.89. The number of fused-ring (bicyclic) bond motifs is 1. The Labute approximate surface area is 80.6 Å². The molecule has 4 heteroatoms. The van der Waals surface area contributed by atoms with E-state index >= 15 is 0 Å². The summed E-state index contributed by atoms with van der Waals surface area (Å²) in [6.45, 7) is 0. The third-order valence-electron chi connectivity index (χ3n) is 2.24. The number of nitrogens with zero attached hydrogens (tertiary/aromatic N) is 2. The maximum absolute atomic E-state index is 10.7. The second-order valence-electron chi connectivity index (χ2n) is 3.07. The van der Waals surface area contributed by atoms with Gasteiger partial charge in [0.2, 0.25) is 5.52 Å². The fraction of sp³-hybridized carbons (Fsp3) is 0.100. The van der Waals surface area contributed by atoms with Gasteiger partial charge in [-0.2, -0.15) is 0 Å². The van der Waals surface area contributed by atoms with Crippen molar-refractivity contribution in [3.63, 3.8) is 0 Å². The number of rotatable bonds is 1. The largest absolute Gasteiger partial charge is 0.501 e. The van der Waals surface area contributed by atoms with E-state index in [4.69, 9.17) is 0 Å². The van der Waals surface area contributed by atoms with E-state index < -0.39 is 0 Å². The third-order valence-corrected chi connectivity index (χ3v) is 2.24. The molecule has 0 spiro atoms. The van der Waals surface area contributed by atoms with Crippen LogP contribution in [0, 0.1) is 10.1 Å². The van der Waals surface area contributed by atoms with Crippen LogP contribution >= 0.6 is 0 Å². The van der Waals surface area contributed by atoms with Crippen LogP contribution in [0.15, 0.2) is 36.4 Å². The molecule has 2 aromatic rings. The van der Waals surface area contributed by atoms with Gasteiger partial charge in [0, 0.05) is 11.5 Å². The highest BCUT2D eigenvalue weighted by atomic mass is 16.6. The van der Waals surface area contributed by atoms with Gasteiger partial charge in [-0.3, -0.25) is 10.1 Å². The van der Waals surface area contributed by atoms with Crippen molar-refractivity contribution in [2.75, 3.05) is 0 Å². The molecule has 0 aliphatic heterocycles. The van der Waals surface area contributed by atoms with Crippen molar-refractivity contribution < 1.29 is 9.49 Å². The van der Waals surface area contributed by atoms with Crippen LogP contribution < -0.4 is 4.57 Å². The minimum Gasteiger partial charge on any atom is -0.253 e. The van der Waals surface area contributed by atoms with Gasteiger partial charge in [0.1, 0.15) is 12.0 Å². The number of aromatic nitrogens is 1. The number of nitro groups is 1. The zero-order chi connectivity index (χ0) is 10.1. The summed E-state index contributed by atoms with van der Waals surface area (Å²) in [5.74, 6) is 0.101. The first-order valence-electron chi connectivity index (χ1n) is 4.22. The third kappa shape index (κ3) is 1.21. The maximum Gasteiger partial charge on any atom is 0.501 e. The average Bonchev–Trinajstić information content (AvgIpc) is 2.18. The molecule has 0 N–H and O–H groups in total. The van der Waals surface area contributed by atoms with Gasteiger partial charge in [0.25, 0.3) is 0 Å². The van der Waals surface area contributed by atoms with Gasteiger partial charge in [-0.15, -0.1) is 4.57 Å². The summed E-state index contributed by atoms with van der Waals surface area (Å²) >= 11 is 0. The topological polar surface area (TPSA) is 47.0 Å². The van der Waals surface area contributed by atoms with Crippen molar-refractivity contribution in [1.29, 1.82) is 0 Å². The molecule has 0 saturated carbocycles. The molecule has 14 heavy (non-hydrogen) atoms. The minimum atomic E-state index is -0.383. The molecule has 2 rings (SSSR count). The van der Waals surface area contributed by atoms with Gasteiger partial charge in [-0.25, -0.2) is 0 Å². The van der Waals surface area contributed by atoms with Gasteiger partial charge < -0.3 is 0 Å². The van der Waals surface area contributed by atoms with E-state index in [0.717, 1.165) is 10.9 Å². The Bertz CT molecular complexity index is 508. The molecule has 70 valence electrons. The van der Waals surface area contributed by atoms with E-state index in [1.807, 2.05) is 24.3 Å². The highest BCUT2D eigenvalue weighted by Gasteiger charge is 2.20. The number of aryl methyl sites for hydroxylation is 1.